The fraction of sp³-hybridized carbons (Fsp3) is 0.667. The normalized spacial score (nSPS) is 11.4. The van der Waals surface area contributed by atoms with Crippen LogP contribution in [0.15, 0.2) is 18.2 Å². The molecule has 0 aromatic heterocycles. The van der Waals surface area contributed by atoms with Gasteiger partial charge in [0.2, 0.25) is 0 Å². The van der Waals surface area contributed by atoms with Gasteiger partial charge in [0, 0.05) is 25.3 Å². The van der Waals surface area contributed by atoms with Crippen molar-refractivity contribution in [2.75, 3.05) is 24.5 Å². The second-order valence-electron chi connectivity index (χ2n) is 6.58. The SMILES string of the molecule is CCNCc1ccc(N(CC(C)C)CC(C)C)cc1C. The minimum Gasteiger partial charge on any atom is -0.371 e. The average molecular weight is 276 g/mol. The van der Waals surface area contributed by atoms with E-state index in [0.29, 0.717) is 11.8 Å². The van der Waals surface area contributed by atoms with Crippen LogP contribution in [0.2, 0.25) is 0 Å². The molecule has 1 aromatic carbocycles. The highest BCUT2D eigenvalue weighted by Crippen LogP contribution is 2.21. The smallest absolute Gasteiger partial charge is 0.0369 e. The monoisotopic (exact) mass is 276 g/mol. The van der Waals surface area contributed by atoms with E-state index < -0.39 is 0 Å². The molecule has 2 heteroatoms. The molecule has 0 bridgehead atoms. The first kappa shape index (κ1) is 17.0. The van der Waals surface area contributed by atoms with E-state index in [9.17, 15) is 0 Å². The van der Waals surface area contributed by atoms with E-state index in [1.54, 1.807) is 0 Å². The van der Waals surface area contributed by atoms with Crippen LogP contribution in [0.3, 0.4) is 0 Å². The first-order chi connectivity index (χ1) is 9.43. The Balaban J connectivity index is 2.87. The van der Waals surface area contributed by atoms with Crippen LogP contribution < -0.4 is 10.2 Å². The van der Waals surface area contributed by atoms with E-state index in [-0.39, 0.29) is 0 Å². The number of rotatable bonds is 8. The zero-order chi connectivity index (χ0) is 15.1. The number of nitrogens with one attached hydrogen (secondary N) is 1. The number of anilines is 1. The molecule has 20 heavy (non-hydrogen) atoms. The van der Waals surface area contributed by atoms with Crippen molar-refractivity contribution in [3.63, 3.8) is 0 Å². The van der Waals surface area contributed by atoms with Crippen LogP contribution in [0.4, 0.5) is 5.69 Å². The first-order valence-electron chi connectivity index (χ1n) is 7.99. The molecule has 0 spiro atoms. The Morgan fingerprint density at radius 3 is 2.10 bits per heavy atom. The maximum atomic E-state index is 3.40. The van der Waals surface area contributed by atoms with Gasteiger partial charge in [-0.05, 0) is 48.6 Å². The second-order valence-corrected chi connectivity index (χ2v) is 6.58. The molecule has 0 aliphatic carbocycles. The summed E-state index contributed by atoms with van der Waals surface area (Å²) in [5.41, 5.74) is 4.16. The summed E-state index contributed by atoms with van der Waals surface area (Å²) in [7, 11) is 0. The molecule has 2 nitrogen and oxygen atoms in total. The van der Waals surface area contributed by atoms with E-state index in [4.69, 9.17) is 0 Å². The molecule has 0 aliphatic rings. The van der Waals surface area contributed by atoms with E-state index in [1.807, 2.05) is 0 Å². The molecule has 0 heterocycles. The fourth-order valence-corrected chi connectivity index (χ4v) is 2.50. The highest BCUT2D eigenvalue weighted by Gasteiger charge is 2.11. The van der Waals surface area contributed by atoms with Gasteiger partial charge >= 0.3 is 0 Å². The number of hydrogen-bond acceptors (Lipinski definition) is 2. The van der Waals surface area contributed by atoms with Gasteiger partial charge in [-0.1, -0.05) is 40.7 Å². The zero-order valence-electron chi connectivity index (χ0n) is 14.2. The summed E-state index contributed by atoms with van der Waals surface area (Å²) in [5, 5.41) is 3.40. The molecule has 0 saturated carbocycles. The lowest BCUT2D eigenvalue weighted by atomic mass is 10.1. The highest BCUT2D eigenvalue weighted by molar-refractivity contribution is 5.51. The molecule has 0 unspecified atom stereocenters. The van der Waals surface area contributed by atoms with Gasteiger partial charge < -0.3 is 10.2 Å². The largest absolute Gasteiger partial charge is 0.371 e. The lowest BCUT2D eigenvalue weighted by Crippen LogP contribution is -2.31. The Morgan fingerprint density at radius 2 is 1.65 bits per heavy atom. The van der Waals surface area contributed by atoms with Crippen LogP contribution in [-0.4, -0.2) is 19.6 Å². The molecule has 1 aromatic rings. The zero-order valence-corrected chi connectivity index (χ0v) is 14.2. The predicted octanol–water partition coefficient (Wildman–Crippen LogP) is 4.22. The van der Waals surface area contributed by atoms with Crippen molar-refractivity contribution in [2.24, 2.45) is 11.8 Å². The van der Waals surface area contributed by atoms with Gasteiger partial charge in [-0.3, -0.25) is 0 Å². The summed E-state index contributed by atoms with van der Waals surface area (Å²) < 4.78 is 0. The van der Waals surface area contributed by atoms with Gasteiger partial charge in [-0.15, -0.1) is 0 Å². The number of nitrogens with zero attached hydrogens (tertiary/aromatic N) is 1. The van der Waals surface area contributed by atoms with E-state index >= 15 is 0 Å². The summed E-state index contributed by atoms with van der Waals surface area (Å²) in [6.07, 6.45) is 0. The van der Waals surface area contributed by atoms with Crippen molar-refractivity contribution in [3.05, 3.63) is 29.3 Å². The topological polar surface area (TPSA) is 15.3 Å². The Kier molecular flexibility index (Phi) is 7.08. The lowest BCUT2D eigenvalue weighted by molar-refractivity contribution is 0.552. The fourth-order valence-electron chi connectivity index (χ4n) is 2.50. The number of benzene rings is 1. The quantitative estimate of drug-likeness (QED) is 0.764. The van der Waals surface area contributed by atoms with Crippen molar-refractivity contribution in [1.82, 2.24) is 5.32 Å². The van der Waals surface area contributed by atoms with Crippen molar-refractivity contribution in [1.29, 1.82) is 0 Å². The predicted molar refractivity (Wildman–Crippen MR) is 90.4 cm³/mol. The molecule has 114 valence electrons. The minimum absolute atomic E-state index is 0.690. The molecule has 0 amide bonds. The molecule has 1 rings (SSSR count). The third kappa shape index (κ3) is 5.54. The molecule has 0 radical (unpaired) electrons. The van der Waals surface area contributed by atoms with Gasteiger partial charge in [-0.2, -0.15) is 0 Å². The van der Waals surface area contributed by atoms with Crippen molar-refractivity contribution in [3.8, 4) is 0 Å². The van der Waals surface area contributed by atoms with Gasteiger partial charge in [0.25, 0.3) is 0 Å². The van der Waals surface area contributed by atoms with Crippen LogP contribution in [-0.2, 0) is 6.54 Å². The van der Waals surface area contributed by atoms with Gasteiger partial charge in [0.1, 0.15) is 0 Å². The Hall–Kier alpha value is -1.02. The summed E-state index contributed by atoms with van der Waals surface area (Å²) in [5.74, 6) is 1.38. The van der Waals surface area contributed by atoms with Crippen LogP contribution in [0.5, 0.6) is 0 Å². The minimum atomic E-state index is 0.690. The average Bonchev–Trinajstić information content (AvgIpc) is 2.35. The molecule has 0 fully saturated rings. The third-order valence-electron chi connectivity index (χ3n) is 3.43. The molecule has 0 saturated heterocycles. The number of hydrogen-bond donors (Lipinski definition) is 1. The summed E-state index contributed by atoms with van der Waals surface area (Å²) in [6.45, 7) is 17.8. The highest BCUT2D eigenvalue weighted by atomic mass is 15.1. The van der Waals surface area contributed by atoms with Crippen LogP contribution in [0.1, 0.15) is 45.7 Å². The van der Waals surface area contributed by atoms with Gasteiger partial charge in [-0.25, -0.2) is 0 Å². The molecule has 0 atom stereocenters. The third-order valence-corrected chi connectivity index (χ3v) is 3.43. The van der Waals surface area contributed by atoms with Crippen LogP contribution in [0.25, 0.3) is 0 Å². The van der Waals surface area contributed by atoms with Crippen molar-refractivity contribution >= 4 is 5.69 Å². The molecular formula is C18H32N2. The van der Waals surface area contributed by atoms with E-state index in [2.05, 4.69) is 70.0 Å². The Bertz CT molecular complexity index is 386. The summed E-state index contributed by atoms with van der Waals surface area (Å²) in [6, 6.07) is 6.91. The summed E-state index contributed by atoms with van der Waals surface area (Å²) in [4.78, 5) is 2.53. The maximum Gasteiger partial charge on any atom is 0.0369 e. The van der Waals surface area contributed by atoms with Crippen molar-refractivity contribution in [2.45, 2.75) is 48.1 Å². The van der Waals surface area contributed by atoms with E-state index in [0.717, 1.165) is 26.2 Å². The molecule has 1 N–H and O–H groups in total. The lowest BCUT2D eigenvalue weighted by Gasteiger charge is -2.29. The number of aryl methyl sites for hydroxylation is 1. The standard InChI is InChI=1S/C18H32N2/c1-7-19-11-17-8-9-18(10-16(17)6)20(12-14(2)3)13-15(4)5/h8-10,14-15,19H,7,11-13H2,1-6H3. The van der Waals surface area contributed by atoms with Gasteiger partial charge in [0.05, 0.1) is 0 Å². The van der Waals surface area contributed by atoms with Gasteiger partial charge in [0.15, 0.2) is 0 Å². The maximum absolute atomic E-state index is 3.40. The van der Waals surface area contributed by atoms with Crippen molar-refractivity contribution < 1.29 is 0 Å². The Labute approximate surface area is 125 Å². The molecule has 0 aliphatic heterocycles. The molecular weight excluding hydrogens is 244 g/mol. The summed E-state index contributed by atoms with van der Waals surface area (Å²) >= 11 is 0. The first-order valence-corrected chi connectivity index (χ1v) is 7.99. The van der Waals surface area contributed by atoms with E-state index in [1.165, 1.54) is 16.8 Å². The Morgan fingerprint density at radius 1 is 1.05 bits per heavy atom. The second kappa shape index (κ2) is 8.31. The van der Waals surface area contributed by atoms with Crippen LogP contribution in [0, 0.1) is 18.8 Å². The van der Waals surface area contributed by atoms with Crippen LogP contribution >= 0.6 is 0 Å².